The first-order valence-corrected chi connectivity index (χ1v) is 11.5. The van der Waals surface area contributed by atoms with Crippen molar-refractivity contribution in [1.82, 2.24) is 0 Å². The molecule has 5 rings (SSSR count). The number of furan rings is 1. The number of benzene rings is 3. The summed E-state index contributed by atoms with van der Waals surface area (Å²) in [6.07, 6.45) is 1.93. The number of fused-ring (bicyclic) bond motifs is 3. The average Bonchev–Trinajstić information content (AvgIpc) is 3.17. The van der Waals surface area contributed by atoms with E-state index in [2.05, 4.69) is 47.1 Å². The summed E-state index contributed by atoms with van der Waals surface area (Å²) in [5, 5.41) is 1.16. The highest BCUT2D eigenvalue weighted by atomic mass is 127. The minimum absolute atomic E-state index is 0.116. The second-order valence-corrected chi connectivity index (χ2v) is 9.11. The molecule has 0 bridgehead atoms. The van der Waals surface area contributed by atoms with E-state index in [9.17, 15) is 13.2 Å². The van der Waals surface area contributed by atoms with Crippen LogP contribution in [0.15, 0.2) is 65.1 Å². The normalized spacial score (nSPS) is 15.6. The lowest BCUT2D eigenvalue weighted by Crippen LogP contribution is -2.05. The van der Waals surface area contributed by atoms with Crippen molar-refractivity contribution < 1.29 is 17.6 Å². The molecule has 0 saturated heterocycles. The fourth-order valence-electron chi connectivity index (χ4n) is 4.64. The standard InChI is InChI=1S/C25H21F3INO/c26-25(27,28)21-10-4-8-19-20-9-5-11-22(24(20)31-23(19)21)30(29)18-14-12-17(13-15-18)16-6-2-1-3-7-16/h4-5,8-16H,1-3,6-7H2. The minimum atomic E-state index is -4.47. The molecular weight excluding hydrogens is 514 g/mol. The highest BCUT2D eigenvalue weighted by molar-refractivity contribution is 14.1. The molecule has 1 heterocycles. The Kier molecular flexibility index (Phi) is 5.36. The van der Waals surface area contributed by atoms with E-state index in [1.807, 2.05) is 21.3 Å². The zero-order valence-electron chi connectivity index (χ0n) is 16.8. The molecule has 4 aromatic rings. The Morgan fingerprint density at radius 3 is 2.13 bits per heavy atom. The van der Waals surface area contributed by atoms with Gasteiger partial charge in [-0.05, 0) is 48.6 Å². The Balaban J connectivity index is 1.55. The average molecular weight is 535 g/mol. The van der Waals surface area contributed by atoms with Crippen LogP contribution < -0.4 is 3.11 Å². The van der Waals surface area contributed by atoms with Crippen LogP contribution in [0.1, 0.15) is 49.1 Å². The second kappa shape index (κ2) is 8.04. The van der Waals surface area contributed by atoms with Gasteiger partial charge in [0.2, 0.25) is 0 Å². The molecule has 0 aliphatic heterocycles. The predicted octanol–water partition coefficient (Wildman–Crippen LogP) is 9.14. The van der Waals surface area contributed by atoms with Gasteiger partial charge >= 0.3 is 6.18 Å². The van der Waals surface area contributed by atoms with Crippen LogP contribution in [0.4, 0.5) is 24.5 Å². The van der Waals surface area contributed by atoms with E-state index in [4.69, 9.17) is 4.42 Å². The quantitative estimate of drug-likeness (QED) is 0.192. The molecule has 0 amide bonds. The molecule has 160 valence electrons. The summed E-state index contributed by atoms with van der Waals surface area (Å²) < 4.78 is 48.3. The number of para-hydroxylation sites is 2. The molecule has 0 radical (unpaired) electrons. The number of nitrogens with zero attached hydrogens (tertiary/aromatic N) is 1. The van der Waals surface area contributed by atoms with E-state index in [-0.39, 0.29) is 5.58 Å². The molecule has 0 unspecified atom stereocenters. The van der Waals surface area contributed by atoms with Crippen LogP contribution in [-0.4, -0.2) is 0 Å². The molecule has 0 spiro atoms. The summed E-state index contributed by atoms with van der Waals surface area (Å²) in [6.45, 7) is 0. The number of hydrogen-bond donors (Lipinski definition) is 0. The number of rotatable bonds is 3. The highest BCUT2D eigenvalue weighted by Gasteiger charge is 2.34. The Bertz CT molecular complexity index is 1220. The van der Waals surface area contributed by atoms with Gasteiger partial charge in [0.05, 0.1) is 39.8 Å². The van der Waals surface area contributed by atoms with Crippen LogP contribution in [0.2, 0.25) is 0 Å². The number of anilines is 2. The number of hydrogen-bond acceptors (Lipinski definition) is 2. The number of halogens is 4. The van der Waals surface area contributed by atoms with Crippen molar-refractivity contribution in [2.45, 2.75) is 44.2 Å². The molecular formula is C25H21F3INO. The summed E-state index contributed by atoms with van der Waals surface area (Å²) in [4.78, 5) is 0. The van der Waals surface area contributed by atoms with E-state index < -0.39 is 11.7 Å². The minimum Gasteiger partial charge on any atom is -0.453 e. The van der Waals surface area contributed by atoms with E-state index in [0.717, 1.165) is 17.4 Å². The summed E-state index contributed by atoms with van der Waals surface area (Å²) in [5.74, 6) is 0.630. The Hall–Kier alpha value is -2.22. The first kappa shape index (κ1) is 20.7. The van der Waals surface area contributed by atoms with Crippen LogP contribution in [0, 0.1) is 0 Å². The fraction of sp³-hybridized carbons (Fsp3) is 0.280. The van der Waals surface area contributed by atoms with Gasteiger partial charge in [-0.25, -0.2) is 0 Å². The van der Waals surface area contributed by atoms with E-state index in [0.29, 0.717) is 22.3 Å². The molecule has 31 heavy (non-hydrogen) atoms. The van der Waals surface area contributed by atoms with Gasteiger partial charge < -0.3 is 4.42 Å². The lowest BCUT2D eigenvalue weighted by Gasteiger charge is -2.23. The van der Waals surface area contributed by atoms with E-state index in [1.54, 1.807) is 6.07 Å². The van der Waals surface area contributed by atoms with Crippen LogP contribution in [0.3, 0.4) is 0 Å². The van der Waals surface area contributed by atoms with Crippen LogP contribution in [0.5, 0.6) is 0 Å². The lowest BCUT2D eigenvalue weighted by molar-refractivity contribution is -0.136. The molecule has 3 aromatic carbocycles. The molecule has 1 aliphatic carbocycles. The van der Waals surface area contributed by atoms with Crippen molar-refractivity contribution >= 4 is 56.2 Å². The molecule has 1 aromatic heterocycles. The van der Waals surface area contributed by atoms with Gasteiger partial charge in [0.25, 0.3) is 0 Å². The highest BCUT2D eigenvalue weighted by Crippen LogP contribution is 2.43. The van der Waals surface area contributed by atoms with Crippen molar-refractivity contribution in [3.8, 4) is 0 Å². The predicted molar refractivity (Wildman–Crippen MR) is 127 cm³/mol. The summed E-state index contributed by atoms with van der Waals surface area (Å²) in [7, 11) is 0. The maximum Gasteiger partial charge on any atom is 0.420 e. The third-order valence-corrected chi connectivity index (χ3v) is 7.29. The molecule has 1 saturated carbocycles. The lowest BCUT2D eigenvalue weighted by atomic mass is 9.84. The zero-order valence-corrected chi connectivity index (χ0v) is 18.9. The Labute approximate surface area is 192 Å². The van der Waals surface area contributed by atoms with Gasteiger partial charge in [0.1, 0.15) is 5.58 Å². The third-order valence-electron chi connectivity index (χ3n) is 6.22. The van der Waals surface area contributed by atoms with Gasteiger partial charge in [0, 0.05) is 10.8 Å². The third kappa shape index (κ3) is 3.79. The Morgan fingerprint density at radius 2 is 1.45 bits per heavy atom. The van der Waals surface area contributed by atoms with Crippen molar-refractivity contribution in [3.63, 3.8) is 0 Å². The largest absolute Gasteiger partial charge is 0.453 e. The van der Waals surface area contributed by atoms with Gasteiger partial charge in [-0.3, -0.25) is 3.11 Å². The van der Waals surface area contributed by atoms with E-state index >= 15 is 0 Å². The molecule has 0 N–H and O–H groups in total. The molecule has 6 heteroatoms. The topological polar surface area (TPSA) is 16.4 Å². The number of alkyl halides is 3. The smallest absolute Gasteiger partial charge is 0.420 e. The monoisotopic (exact) mass is 535 g/mol. The van der Waals surface area contributed by atoms with Gasteiger partial charge in [0.15, 0.2) is 5.58 Å². The maximum absolute atomic E-state index is 13.5. The summed E-state index contributed by atoms with van der Waals surface area (Å²) >= 11 is 2.19. The molecule has 1 fully saturated rings. The van der Waals surface area contributed by atoms with Crippen LogP contribution >= 0.6 is 22.9 Å². The zero-order chi connectivity index (χ0) is 21.6. The van der Waals surface area contributed by atoms with Crippen molar-refractivity contribution in [2.24, 2.45) is 0 Å². The van der Waals surface area contributed by atoms with Crippen molar-refractivity contribution in [1.29, 1.82) is 0 Å². The molecule has 2 nitrogen and oxygen atoms in total. The fourth-order valence-corrected chi connectivity index (χ4v) is 5.34. The first-order chi connectivity index (χ1) is 14.9. The first-order valence-electron chi connectivity index (χ1n) is 10.5. The van der Waals surface area contributed by atoms with Crippen LogP contribution in [0.25, 0.3) is 21.9 Å². The maximum atomic E-state index is 13.5. The van der Waals surface area contributed by atoms with E-state index in [1.165, 1.54) is 43.7 Å². The SMILES string of the molecule is FC(F)(F)c1cccc2c1oc1c(N(I)c3ccc(C4CCCCC4)cc3)cccc12. The summed E-state index contributed by atoms with van der Waals surface area (Å²) in [5.41, 5.74) is 2.65. The second-order valence-electron chi connectivity index (χ2n) is 8.14. The van der Waals surface area contributed by atoms with Gasteiger partial charge in [-0.15, -0.1) is 0 Å². The van der Waals surface area contributed by atoms with Crippen molar-refractivity contribution in [3.05, 3.63) is 71.8 Å². The van der Waals surface area contributed by atoms with Crippen molar-refractivity contribution in [2.75, 3.05) is 3.11 Å². The molecule has 1 aliphatic rings. The van der Waals surface area contributed by atoms with Gasteiger partial charge in [-0.2, -0.15) is 13.2 Å². The van der Waals surface area contributed by atoms with Gasteiger partial charge in [-0.1, -0.05) is 55.7 Å². The Morgan fingerprint density at radius 1 is 0.806 bits per heavy atom. The summed E-state index contributed by atoms with van der Waals surface area (Å²) in [6, 6.07) is 18.2. The molecule has 0 atom stereocenters. The van der Waals surface area contributed by atoms with Crippen LogP contribution in [-0.2, 0) is 6.18 Å².